The van der Waals surface area contributed by atoms with Crippen molar-refractivity contribution in [3.63, 3.8) is 0 Å². The number of benzene rings is 1. The van der Waals surface area contributed by atoms with Crippen molar-refractivity contribution < 1.29 is 27.4 Å². The zero-order chi connectivity index (χ0) is 18.3. The van der Waals surface area contributed by atoms with Crippen LogP contribution in [0.5, 0.6) is 11.5 Å². The van der Waals surface area contributed by atoms with Crippen molar-refractivity contribution in [2.24, 2.45) is 0 Å². The molecule has 0 saturated carbocycles. The number of sulfonamides is 1. The molecule has 0 aliphatic rings. The van der Waals surface area contributed by atoms with E-state index >= 15 is 0 Å². The van der Waals surface area contributed by atoms with Gasteiger partial charge in [-0.15, -0.1) is 0 Å². The molecule has 0 heterocycles. The zero-order valence-electron chi connectivity index (χ0n) is 14.5. The number of carbonyl (C=O) groups is 1. The van der Waals surface area contributed by atoms with Crippen molar-refractivity contribution in [2.75, 3.05) is 45.0 Å². The minimum absolute atomic E-state index is 0.235. The third-order valence-electron chi connectivity index (χ3n) is 3.17. The van der Waals surface area contributed by atoms with Gasteiger partial charge >= 0.3 is 0 Å². The lowest BCUT2D eigenvalue weighted by Gasteiger charge is -2.24. The van der Waals surface area contributed by atoms with Gasteiger partial charge in [-0.1, -0.05) is 0 Å². The van der Waals surface area contributed by atoms with Gasteiger partial charge in [-0.25, -0.2) is 8.42 Å². The van der Waals surface area contributed by atoms with Gasteiger partial charge in [-0.05, 0) is 19.1 Å². The van der Waals surface area contributed by atoms with Gasteiger partial charge in [0.15, 0.2) is 0 Å². The Kier molecular flexibility index (Phi) is 7.30. The van der Waals surface area contributed by atoms with Crippen molar-refractivity contribution in [1.82, 2.24) is 5.32 Å². The Morgan fingerprint density at radius 1 is 1.25 bits per heavy atom. The van der Waals surface area contributed by atoms with Crippen molar-refractivity contribution in [2.45, 2.75) is 13.0 Å². The van der Waals surface area contributed by atoms with Gasteiger partial charge in [0.2, 0.25) is 15.9 Å². The van der Waals surface area contributed by atoms with Gasteiger partial charge in [-0.2, -0.15) is 0 Å². The molecule has 0 bridgehead atoms. The van der Waals surface area contributed by atoms with Crippen molar-refractivity contribution in [3.05, 3.63) is 18.2 Å². The average Bonchev–Trinajstić information content (AvgIpc) is 2.51. The van der Waals surface area contributed by atoms with Crippen LogP contribution in [0, 0.1) is 0 Å². The highest BCUT2D eigenvalue weighted by molar-refractivity contribution is 7.92. The molecule has 1 rings (SSSR count). The minimum atomic E-state index is -3.69. The van der Waals surface area contributed by atoms with Crippen LogP contribution in [0.2, 0.25) is 0 Å². The Morgan fingerprint density at radius 2 is 1.92 bits per heavy atom. The summed E-state index contributed by atoms with van der Waals surface area (Å²) < 4.78 is 40.5. The molecule has 0 fully saturated rings. The van der Waals surface area contributed by atoms with Crippen LogP contribution < -0.4 is 19.1 Å². The number of amides is 1. The van der Waals surface area contributed by atoms with E-state index in [1.54, 1.807) is 19.1 Å². The van der Waals surface area contributed by atoms with Crippen LogP contribution >= 0.6 is 0 Å². The summed E-state index contributed by atoms with van der Waals surface area (Å²) in [7, 11) is 0.738. The lowest BCUT2D eigenvalue weighted by Crippen LogP contribution is -2.44. The average molecular weight is 360 g/mol. The Hall–Kier alpha value is -2.00. The molecule has 0 spiro atoms. The predicted molar refractivity (Wildman–Crippen MR) is 91.2 cm³/mol. The van der Waals surface area contributed by atoms with Crippen molar-refractivity contribution in [3.8, 4) is 11.5 Å². The van der Waals surface area contributed by atoms with E-state index in [2.05, 4.69) is 5.32 Å². The molecule has 1 atom stereocenters. The van der Waals surface area contributed by atoms with Crippen LogP contribution in [-0.4, -0.2) is 61.1 Å². The van der Waals surface area contributed by atoms with E-state index in [0.29, 0.717) is 12.4 Å². The van der Waals surface area contributed by atoms with Crippen LogP contribution in [0.3, 0.4) is 0 Å². The number of hydrogen-bond acceptors (Lipinski definition) is 6. The summed E-state index contributed by atoms with van der Waals surface area (Å²) in [5.41, 5.74) is 0.260. The highest BCUT2D eigenvalue weighted by Crippen LogP contribution is 2.33. The number of nitrogens with zero attached hydrogens (tertiary/aromatic N) is 1. The zero-order valence-corrected chi connectivity index (χ0v) is 15.3. The summed E-state index contributed by atoms with van der Waals surface area (Å²) in [6.07, 6.45) is 1.03. The van der Waals surface area contributed by atoms with E-state index in [1.165, 1.54) is 27.4 Å². The lowest BCUT2D eigenvalue weighted by molar-refractivity contribution is -0.120. The highest BCUT2D eigenvalue weighted by Gasteiger charge is 2.24. The molecule has 0 radical (unpaired) electrons. The van der Waals surface area contributed by atoms with E-state index in [4.69, 9.17) is 14.2 Å². The van der Waals surface area contributed by atoms with Gasteiger partial charge in [0.1, 0.15) is 18.0 Å². The van der Waals surface area contributed by atoms with Crippen LogP contribution in [0.1, 0.15) is 6.92 Å². The Morgan fingerprint density at radius 3 is 2.42 bits per heavy atom. The van der Waals surface area contributed by atoms with Crippen LogP contribution in [0.15, 0.2) is 18.2 Å². The first-order valence-corrected chi connectivity index (χ1v) is 9.05. The molecule has 136 valence electrons. The summed E-state index contributed by atoms with van der Waals surface area (Å²) in [6, 6.07) is 4.45. The Balaban J connectivity index is 3.09. The van der Waals surface area contributed by atoms with Gasteiger partial charge in [0.25, 0.3) is 0 Å². The van der Waals surface area contributed by atoms with E-state index in [-0.39, 0.29) is 24.0 Å². The fourth-order valence-corrected chi connectivity index (χ4v) is 2.97. The molecule has 0 aromatic heterocycles. The molecule has 1 amide bonds. The monoisotopic (exact) mass is 360 g/mol. The normalized spacial score (nSPS) is 12.4. The second-order valence-corrected chi connectivity index (χ2v) is 7.14. The first-order chi connectivity index (χ1) is 11.2. The maximum absolute atomic E-state index is 12.1. The summed E-state index contributed by atoms with van der Waals surface area (Å²) >= 11 is 0. The molecule has 1 aromatic carbocycles. The van der Waals surface area contributed by atoms with Gasteiger partial charge in [0, 0.05) is 19.2 Å². The standard InChI is InChI=1S/C15H24N2O6S/c1-11(10-21-2)16-15(18)9-17(24(5,19)20)13-7-6-12(22-3)8-14(13)23-4/h6-8,11H,9-10H2,1-5H3,(H,16,18)/t11-/m1/s1. The molecular formula is C15H24N2O6S. The SMILES string of the molecule is COC[C@@H](C)NC(=O)CN(c1ccc(OC)cc1OC)S(C)(=O)=O. The smallest absolute Gasteiger partial charge is 0.241 e. The Bertz CT molecular complexity index is 662. The van der Waals surface area contributed by atoms with Crippen molar-refractivity contribution in [1.29, 1.82) is 0 Å². The van der Waals surface area contributed by atoms with E-state index < -0.39 is 15.9 Å². The maximum Gasteiger partial charge on any atom is 0.241 e. The summed E-state index contributed by atoms with van der Waals surface area (Å²) in [5, 5.41) is 2.68. The second kappa shape index (κ2) is 8.74. The maximum atomic E-state index is 12.1. The number of carbonyl (C=O) groups excluding carboxylic acids is 1. The van der Waals surface area contributed by atoms with Crippen LogP contribution in [0.4, 0.5) is 5.69 Å². The molecule has 1 N–H and O–H groups in total. The lowest BCUT2D eigenvalue weighted by atomic mass is 10.2. The summed E-state index contributed by atoms with van der Waals surface area (Å²) in [4.78, 5) is 12.1. The van der Waals surface area contributed by atoms with E-state index in [9.17, 15) is 13.2 Å². The van der Waals surface area contributed by atoms with Crippen molar-refractivity contribution >= 4 is 21.6 Å². The minimum Gasteiger partial charge on any atom is -0.497 e. The topological polar surface area (TPSA) is 94.2 Å². The van der Waals surface area contributed by atoms with Gasteiger partial charge in [-0.3, -0.25) is 9.10 Å². The van der Waals surface area contributed by atoms with Gasteiger partial charge in [0.05, 0.1) is 32.8 Å². The molecule has 0 aliphatic heterocycles. The van der Waals surface area contributed by atoms with Gasteiger partial charge < -0.3 is 19.5 Å². The summed E-state index contributed by atoms with van der Waals surface area (Å²) in [6.45, 7) is 1.73. The summed E-state index contributed by atoms with van der Waals surface area (Å²) in [5.74, 6) is 0.364. The molecular weight excluding hydrogens is 336 g/mol. The predicted octanol–water partition coefficient (Wildman–Crippen LogP) is 0.621. The number of nitrogens with one attached hydrogen (secondary N) is 1. The number of rotatable bonds is 9. The third kappa shape index (κ3) is 5.57. The number of methoxy groups -OCH3 is 3. The molecule has 0 aliphatic carbocycles. The molecule has 24 heavy (non-hydrogen) atoms. The molecule has 0 unspecified atom stereocenters. The molecule has 8 nitrogen and oxygen atoms in total. The molecule has 1 aromatic rings. The van der Waals surface area contributed by atoms with E-state index in [1.807, 2.05) is 0 Å². The van der Waals surface area contributed by atoms with E-state index in [0.717, 1.165) is 10.6 Å². The molecule has 0 saturated heterocycles. The third-order valence-corrected chi connectivity index (χ3v) is 4.29. The fourth-order valence-electron chi connectivity index (χ4n) is 2.11. The number of anilines is 1. The number of ether oxygens (including phenoxy) is 3. The largest absolute Gasteiger partial charge is 0.497 e. The fraction of sp³-hybridized carbons (Fsp3) is 0.533. The van der Waals surface area contributed by atoms with Crippen LogP contribution in [0.25, 0.3) is 0 Å². The first-order valence-electron chi connectivity index (χ1n) is 7.21. The highest BCUT2D eigenvalue weighted by atomic mass is 32.2. The first kappa shape index (κ1) is 20.0. The Labute approximate surface area is 142 Å². The quantitative estimate of drug-likeness (QED) is 0.694. The van der Waals surface area contributed by atoms with Crippen LogP contribution in [-0.2, 0) is 19.6 Å². The second-order valence-electron chi connectivity index (χ2n) is 5.23. The molecule has 9 heteroatoms. The number of hydrogen-bond donors (Lipinski definition) is 1.